The lowest BCUT2D eigenvalue weighted by atomic mass is 9.82. The quantitative estimate of drug-likeness (QED) is 0.473. The first-order valence-corrected chi connectivity index (χ1v) is 9.12. The summed E-state index contributed by atoms with van der Waals surface area (Å²) in [6.45, 7) is 12.2. The van der Waals surface area contributed by atoms with Crippen LogP contribution in [0.5, 0.6) is 0 Å². The van der Waals surface area contributed by atoms with E-state index in [-0.39, 0.29) is 49.7 Å². The number of amides is 1. The molecule has 1 heterocycles. The van der Waals surface area contributed by atoms with Crippen LogP contribution in [0.25, 0.3) is 0 Å². The largest absolute Gasteiger partial charge is 0.463 e. The first-order valence-electron chi connectivity index (χ1n) is 9.12. The van der Waals surface area contributed by atoms with Gasteiger partial charge in [-0.05, 0) is 18.8 Å². The average molecular weight is 385 g/mol. The second-order valence-corrected chi connectivity index (χ2v) is 6.94. The Hall–Kier alpha value is -1.93. The normalized spacial score (nSPS) is 28.7. The molecule has 8 heteroatoms. The van der Waals surface area contributed by atoms with Gasteiger partial charge in [0.15, 0.2) is 6.29 Å². The second-order valence-electron chi connectivity index (χ2n) is 6.94. The maximum absolute atomic E-state index is 11.9. The molecule has 154 valence electrons. The highest BCUT2D eigenvalue weighted by molar-refractivity contribution is 5.73. The molecule has 1 fully saturated rings. The zero-order valence-corrected chi connectivity index (χ0v) is 16.7. The molecule has 8 nitrogen and oxygen atoms in total. The zero-order valence-electron chi connectivity index (χ0n) is 16.7. The summed E-state index contributed by atoms with van der Waals surface area (Å²) >= 11 is 0. The third-order valence-electron chi connectivity index (χ3n) is 4.66. The summed E-state index contributed by atoms with van der Waals surface area (Å²) in [6, 6.07) is -0.387. The molecule has 0 aliphatic carbocycles. The molecule has 0 aromatic rings. The van der Waals surface area contributed by atoms with Gasteiger partial charge in [0.05, 0.1) is 24.7 Å². The fourth-order valence-electron chi connectivity index (χ4n) is 2.85. The Morgan fingerprint density at radius 2 is 1.85 bits per heavy atom. The van der Waals surface area contributed by atoms with E-state index in [1.807, 2.05) is 13.8 Å². The predicted molar refractivity (Wildman–Crippen MR) is 97.5 cm³/mol. The SMILES string of the molecule is C=CCOC(=O)[C@@H](C)COC1OC(COC(C)=O)[C@H](C)[C@H](C)[C@H]1NC(C)=O. The Morgan fingerprint density at radius 1 is 1.19 bits per heavy atom. The highest BCUT2D eigenvalue weighted by atomic mass is 16.7. The van der Waals surface area contributed by atoms with E-state index in [4.69, 9.17) is 18.9 Å². The van der Waals surface area contributed by atoms with E-state index < -0.39 is 24.1 Å². The number of carbonyl (C=O) groups is 3. The predicted octanol–water partition coefficient (Wildman–Crippen LogP) is 1.43. The fourth-order valence-corrected chi connectivity index (χ4v) is 2.85. The van der Waals surface area contributed by atoms with Crippen LogP contribution in [0.2, 0.25) is 0 Å². The summed E-state index contributed by atoms with van der Waals surface area (Å²) in [5.74, 6) is -1.47. The Kier molecular flexibility index (Phi) is 9.45. The number of hydrogen-bond donors (Lipinski definition) is 1. The van der Waals surface area contributed by atoms with Crippen LogP contribution in [-0.4, -0.2) is 56.1 Å². The third-order valence-corrected chi connectivity index (χ3v) is 4.66. The van der Waals surface area contributed by atoms with Gasteiger partial charge < -0.3 is 24.3 Å². The van der Waals surface area contributed by atoms with Gasteiger partial charge in [0.25, 0.3) is 0 Å². The van der Waals surface area contributed by atoms with Crippen LogP contribution in [0.15, 0.2) is 12.7 Å². The van der Waals surface area contributed by atoms with Crippen molar-refractivity contribution in [3.8, 4) is 0 Å². The van der Waals surface area contributed by atoms with Crippen molar-refractivity contribution in [1.29, 1.82) is 0 Å². The standard InChI is InChI=1S/C19H31NO7/c1-7-8-24-18(23)11(2)9-26-19-17(20-14(5)21)13(4)12(3)16(27-19)10-25-15(6)22/h7,11-13,16-17,19H,1,8-10H2,2-6H3,(H,20,21)/t11-,12+,13-,16?,17+,19?/m0/s1. The summed E-state index contributed by atoms with van der Waals surface area (Å²) in [7, 11) is 0. The van der Waals surface area contributed by atoms with Crippen molar-refractivity contribution in [1.82, 2.24) is 5.32 Å². The van der Waals surface area contributed by atoms with E-state index in [0.29, 0.717) is 0 Å². The number of rotatable bonds is 9. The molecule has 27 heavy (non-hydrogen) atoms. The van der Waals surface area contributed by atoms with Crippen LogP contribution in [0.1, 0.15) is 34.6 Å². The maximum atomic E-state index is 11.9. The molecule has 2 unspecified atom stereocenters. The molecule has 1 saturated heterocycles. The van der Waals surface area contributed by atoms with Crippen molar-refractivity contribution in [2.45, 2.75) is 53.1 Å². The van der Waals surface area contributed by atoms with Crippen LogP contribution < -0.4 is 5.32 Å². The Balaban J connectivity index is 2.78. The van der Waals surface area contributed by atoms with Crippen molar-refractivity contribution < 1.29 is 33.3 Å². The monoisotopic (exact) mass is 385 g/mol. The molecule has 0 spiro atoms. The third kappa shape index (κ3) is 7.30. The summed E-state index contributed by atoms with van der Waals surface area (Å²) in [6.07, 6.45) is 0.350. The Morgan fingerprint density at radius 3 is 2.41 bits per heavy atom. The fraction of sp³-hybridized carbons (Fsp3) is 0.737. The van der Waals surface area contributed by atoms with Crippen LogP contribution in [0.4, 0.5) is 0 Å². The summed E-state index contributed by atoms with van der Waals surface area (Å²) in [5, 5.41) is 2.86. The number of carbonyl (C=O) groups excluding carboxylic acids is 3. The van der Waals surface area contributed by atoms with E-state index in [0.717, 1.165) is 0 Å². The molecule has 1 aliphatic rings. The highest BCUT2D eigenvalue weighted by Gasteiger charge is 2.43. The minimum atomic E-state index is -0.768. The number of ether oxygens (including phenoxy) is 4. The van der Waals surface area contributed by atoms with Crippen LogP contribution in [0, 0.1) is 17.8 Å². The smallest absolute Gasteiger partial charge is 0.311 e. The molecule has 1 N–H and O–H groups in total. The second kappa shape index (κ2) is 11.0. The first-order chi connectivity index (χ1) is 12.7. The van der Waals surface area contributed by atoms with Crippen molar-refractivity contribution in [3.63, 3.8) is 0 Å². The van der Waals surface area contributed by atoms with Crippen molar-refractivity contribution >= 4 is 17.8 Å². The molecule has 0 saturated carbocycles. The Bertz CT molecular complexity index is 534. The minimum Gasteiger partial charge on any atom is -0.463 e. The van der Waals surface area contributed by atoms with Gasteiger partial charge in [0.2, 0.25) is 5.91 Å². The van der Waals surface area contributed by atoms with E-state index >= 15 is 0 Å². The van der Waals surface area contributed by atoms with Crippen LogP contribution in [-0.2, 0) is 33.3 Å². The number of nitrogens with one attached hydrogen (secondary N) is 1. The van der Waals surface area contributed by atoms with Crippen molar-refractivity contribution in [3.05, 3.63) is 12.7 Å². The maximum Gasteiger partial charge on any atom is 0.311 e. The van der Waals surface area contributed by atoms with Gasteiger partial charge in [-0.3, -0.25) is 14.4 Å². The minimum absolute atomic E-state index is 0.0104. The zero-order chi connectivity index (χ0) is 20.6. The van der Waals surface area contributed by atoms with Gasteiger partial charge in [-0.1, -0.05) is 26.5 Å². The summed E-state index contributed by atoms with van der Waals surface area (Å²) in [4.78, 5) is 34.6. The molecule has 0 aromatic heterocycles. The van der Waals surface area contributed by atoms with Gasteiger partial charge in [-0.15, -0.1) is 0 Å². The van der Waals surface area contributed by atoms with E-state index in [9.17, 15) is 14.4 Å². The van der Waals surface area contributed by atoms with Crippen LogP contribution >= 0.6 is 0 Å². The van der Waals surface area contributed by atoms with Crippen molar-refractivity contribution in [2.75, 3.05) is 19.8 Å². The topological polar surface area (TPSA) is 100 Å². The van der Waals surface area contributed by atoms with Crippen LogP contribution in [0.3, 0.4) is 0 Å². The van der Waals surface area contributed by atoms with E-state index in [1.165, 1.54) is 19.9 Å². The average Bonchev–Trinajstić information content (AvgIpc) is 2.61. The Labute approximate surface area is 160 Å². The number of hydrogen-bond acceptors (Lipinski definition) is 7. The summed E-state index contributed by atoms with van der Waals surface area (Å²) in [5.41, 5.74) is 0. The summed E-state index contributed by atoms with van der Waals surface area (Å²) < 4.78 is 21.9. The lowest BCUT2D eigenvalue weighted by Gasteiger charge is -2.44. The van der Waals surface area contributed by atoms with Gasteiger partial charge in [-0.2, -0.15) is 0 Å². The van der Waals surface area contributed by atoms with Gasteiger partial charge in [-0.25, -0.2) is 0 Å². The molecule has 1 aliphatic heterocycles. The molecular formula is C19H31NO7. The van der Waals surface area contributed by atoms with E-state index in [2.05, 4.69) is 11.9 Å². The lowest BCUT2D eigenvalue weighted by Crippen LogP contribution is -2.58. The molecule has 0 aromatic carbocycles. The molecule has 0 radical (unpaired) electrons. The molecule has 0 bridgehead atoms. The van der Waals surface area contributed by atoms with Gasteiger partial charge in [0.1, 0.15) is 13.2 Å². The molecule has 6 atom stereocenters. The van der Waals surface area contributed by atoms with E-state index in [1.54, 1.807) is 6.92 Å². The highest BCUT2D eigenvalue weighted by Crippen LogP contribution is 2.32. The van der Waals surface area contributed by atoms with Crippen molar-refractivity contribution in [2.24, 2.45) is 17.8 Å². The number of esters is 2. The lowest BCUT2D eigenvalue weighted by molar-refractivity contribution is -0.247. The van der Waals surface area contributed by atoms with Gasteiger partial charge in [0, 0.05) is 13.8 Å². The molecule has 1 rings (SSSR count). The van der Waals surface area contributed by atoms with Gasteiger partial charge >= 0.3 is 11.9 Å². The molecular weight excluding hydrogens is 354 g/mol. The first kappa shape index (κ1) is 23.1. The molecule has 1 amide bonds.